The van der Waals surface area contributed by atoms with Crippen molar-refractivity contribution in [1.82, 2.24) is 20.7 Å². The lowest BCUT2D eigenvalue weighted by Gasteiger charge is -1.96. The summed E-state index contributed by atoms with van der Waals surface area (Å²) in [6.07, 6.45) is 1.68. The fraction of sp³-hybridized carbons (Fsp3) is 0.600. The summed E-state index contributed by atoms with van der Waals surface area (Å²) in [6.45, 7) is 2.19. The Morgan fingerprint density at radius 2 is 2.60 bits per heavy atom. The summed E-state index contributed by atoms with van der Waals surface area (Å²) in [7, 11) is 0. The van der Waals surface area contributed by atoms with Crippen molar-refractivity contribution < 1.29 is 0 Å². The quantitative estimate of drug-likeness (QED) is 0.463. The molecule has 1 aromatic rings. The van der Waals surface area contributed by atoms with Crippen LogP contribution in [0.5, 0.6) is 0 Å². The van der Waals surface area contributed by atoms with Crippen LogP contribution in [-0.4, -0.2) is 28.5 Å². The molecule has 0 fully saturated rings. The maximum Gasteiger partial charge on any atom is 0.0962 e. The number of hydrogen-bond acceptors (Lipinski definition) is 4. The molecule has 1 heterocycles. The maximum atomic E-state index is 5.26. The average molecular weight is 141 g/mol. The average Bonchev–Trinajstić information content (AvgIpc) is 2.41. The summed E-state index contributed by atoms with van der Waals surface area (Å²) >= 11 is 0. The molecule has 1 aromatic heterocycles. The highest BCUT2D eigenvalue weighted by molar-refractivity contribution is 4.88. The highest BCUT2D eigenvalue weighted by atomic mass is 15.3. The second-order valence-corrected chi connectivity index (χ2v) is 1.93. The predicted octanol–water partition coefficient (Wildman–Crippen LogP) is -1.15. The molecule has 5 nitrogen and oxygen atoms in total. The van der Waals surface area contributed by atoms with Crippen molar-refractivity contribution >= 4 is 0 Å². The Morgan fingerprint density at radius 3 is 3.20 bits per heavy atom. The molecule has 56 valence electrons. The van der Waals surface area contributed by atoms with Crippen LogP contribution in [0.25, 0.3) is 0 Å². The molecule has 0 aliphatic carbocycles. The van der Waals surface area contributed by atoms with Crippen LogP contribution >= 0.6 is 0 Å². The van der Waals surface area contributed by atoms with Gasteiger partial charge in [0.2, 0.25) is 0 Å². The second-order valence-electron chi connectivity index (χ2n) is 1.93. The summed E-state index contributed by atoms with van der Waals surface area (Å²) in [5.74, 6) is 0. The second kappa shape index (κ2) is 3.97. The van der Waals surface area contributed by atoms with Crippen molar-refractivity contribution in [1.29, 1.82) is 0 Å². The third kappa shape index (κ3) is 2.12. The number of rotatable bonds is 4. The van der Waals surface area contributed by atoms with Crippen molar-refractivity contribution in [3.8, 4) is 0 Å². The molecule has 0 aromatic carbocycles. The molecule has 5 heteroatoms. The predicted molar refractivity (Wildman–Crippen MR) is 37.1 cm³/mol. The molecule has 0 unspecified atom stereocenters. The van der Waals surface area contributed by atoms with Gasteiger partial charge in [-0.2, -0.15) is 15.4 Å². The van der Waals surface area contributed by atoms with E-state index in [9.17, 15) is 0 Å². The minimum Gasteiger partial charge on any atom is -0.329 e. The van der Waals surface area contributed by atoms with E-state index in [0.29, 0.717) is 6.54 Å². The van der Waals surface area contributed by atoms with Gasteiger partial charge >= 0.3 is 0 Å². The zero-order chi connectivity index (χ0) is 7.23. The molecule has 0 atom stereocenters. The minimum absolute atomic E-state index is 0.651. The zero-order valence-electron chi connectivity index (χ0n) is 5.67. The number of aromatic amines is 1. The third-order valence-corrected chi connectivity index (χ3v) is 1.09. The van der Waals surface area contributed by atoms with E-state index in [1.54, 1.807) is 6.20 Å². The van der Waals surface area contributed by atoms with E-state index in [4.69, 9.17) is 5.73 Å². The first-order chi connectivity index (χ1) is 4.93. The smallest absolute Gasteiger partial charge is 0.0962 e. The minimum atomic E-state index is 0.651. The molecule has 0 saturated heterocycles. The number of H-pyrrole nitrogens is 1. The molecule has 1 rings (SSSR count). The van der Waals surface area contributed by atoms with Gasteiger partial charge in [0.1, 0.15) is 0 Å². The van der Waals surface area contributed by atoms with E-state index >= 15 is 0 Å². The van der Waals surface area contributed by atoms with Gasteiger partial charge in [0.05, 0.1) is 11.9 Å². The fourth-order valence-electron chi connectivity index (χ4n) is 0.629. The van der Waals surface area contributed by atoms with Crippen molar-refractivity contribution in [2.45, 2.75) is 6.54 Å². The third-order valence-electron chi connectivity index (χ3n) is 1.09. The summed E-state index contributed by atoms with van der Waals surface area (Å²) < 4.78 is 0. The standard InChI is InChI=1S/C5H11N5/c6-1-2-7-3-5-4-8-10-9-5/h4,7H,1-3,6H2,(H,8,9,10). The van der Waals surface area contributed by atoms with Gasteiger partial charge in [-0.25, -0.2) is 0 Å². The van der Waals surface area contributed by atoms with Gasteiger partial charge in [-0.05, 0) is 0 Å². The largest absolute Gasteiger partial charge is 0.329 e. The van der Waals surface area contributed by atoms with Crippen LogP contribution in [0.2, 0.25) is 0 Å². The van der Waals surface area contributed by atoms with Crippen molar-refractivity contribution in [3.05, 3.63) is 11.9 Å². The van der Waals surface area contributed by atoms with E-state index in [0.717, 1.165) is 18.8 Å². The number of aromatic nitrogens is 3. The Labute approximate surface area is 59.0 Å². The number of nitrogens with one attached hydrogen (secondary N) is 2. The topological polar surface area (TPSA) is 79.6 Å². The molecule has 0 spiro atoms. The lowest BCUT2D eigenvalue weighted by atomic mass is 10.4. The van der Waals surface area contributed by atoms with Gasteiger partial charge in [0, 0.05) is 19.6 Å². The highest BCUT2D eigenvalue weighted by Gasteiger charge is 1.91. The van der Waals surface area contributed by atoms with Gasteiger partial charge in [-0.1, -0.05) is 0 Å². The van der Waals surface area contributed by atoms with Crippen LogP contribution in [0.1, 0.15) is 5.69 Å². The molecule has 0 amide bonds. The van der Waals surface area contributed by atoms with Gasteiger partial charge in [0.15, 0.2) is 0 Å². The Morgan fingerprint density at radius 1 is 1.70 bits per heavy atom. The van der Waals surface area contributed by atoms with E-state index in [-0.39, 0.29) is 0 Å². The Balaban J connectivity index is 2.15. The number of nitrogens with zero attached hydrogens (tertiary/aromatic N) is 2. The van der Waals surface area contributed by atoms with Crippen molar-refractivity contribution in [2.75, 3.05) is 13.1 Å². The van der Waals surface area contributed by atoms with Crippen LogP contribution in [0, 0.1) is 0 Å². The van der Waals surface area contributed by atoms with E-state index < -0.39 is 0 Å². The SMILES string of the molecule is NCCNCc1cn[nH]n1. The van der Waals surface area contributed by atoms with Gasteiger partial charge in [-0.3, -0.25) is 0 Å². The Hall–Kier alpha value is -0.940. The molecule has 0 aliphatic heterocycles. The number of hydrogen-bond donors (Lipinski definition) is 3. The van der Waals surface area contributed by atoms with Gasteiger partial charge < -0.3 is 11.1 Å². The van der Waals surface area contributed by atoms with Crippen LogP contribution in [0.15, 0.2) is 6.20 Å². The molecule has 0 bridgehead atoms. The first-order valence-corrected chi connectivity index (χ1v) is 3.19. The van der Waals surface area contributed by atoms with Gasteiger partial charge in [0.25, 0.3) is 0 Å². The van der Waals surface area contributed by atoms with E-state index in [1.807, 2.05) is 0 Å². The monoisotopic (exact) mass is 141 g/mol. The zero-order valence-corrected chi connectivity index (χ0v) is 5.67. The molecular formula is C5H11N5. The molecule has 0 saturated carbocycles. The molecule has 0 radical (unpaired) electrons. The summed E-state index contributed by atoms with van der Waals surface area (Å²) in [4.78, 5) is 0. The van der Waals surface area contributed by atoms with Crippen molar-refractivity contribution in [2.24, 2.45) is 5.73 Å². The lowest BCUT2D eigenvalue weighted by Crippen LogP contribution is -2.21. The highest BCUT2D eigenvalue weighted by Crippen LogP contribution is 1.84. The van der Waals surface area contributed by atoms with Crippen LogP contribution in [-0.2, 0) is 6.54 Å². The summed E-state index contributed by atoms with van der Waals surface area (Å²) in [6, 6.07) is 0. The Kier molecular flexibility index (Phi) is 2.85. The summed E-state index contributed by atoms with van der Waals surface area (Å²) in [5.41, 5.74) is 6.17. The number of nitrogens with two attached hydrogens (primary N) is 1. The molecular weight excluding hydrogens is 130 g/mol. The summed E-state index contributed by atoms with van der Waals surface area (Å²) in [5, 5.41) is 13.1. The molecule has 10 heavy (non-hydrogen) atoms. The van der Waals surface area contributed by atoms with Crippen molar-refractivity contribution in [3.63, 3.8) is 0 Å². The van der Waals surface area contributed by atoms with Crippen LogP contribution in [0.3, 0.4) is 0 Å². The normalized spacial score (nSPS) is 10.1. The van der Waals surface area contributed by atoms with E-state index in [1.165, 1.54) is 0 Å². The molecule has 0 aliphatic rings. The first-order valence-electron chi connectivity index (χ1n) is 3.19. The molecule has 4 N–H and O–H groups in total. The first kappa shape index (κ1) is 7.17. The fourth-order valence-corrected chi connectivity index (χ4v) is 0.629. The lowest BCUT2D eigenvalue weighted by molar-refractivity contribution is 0.680. The van der Waals surface area contributed by atoms with Crippen LogP contribution in [0.4, 0.5) is 0 Å². The Bertz CT molecular complexity index is 159. The van der Waals surface area contributed by atoms with Gasteiger partial charge in [-0.15, -0.1) is 0 Å². The maximum absolute atomic E-state index is 5.26. The van der Waals surface area contributed by atoms with E-state index in [2.05, 4.69) is 20.7 Å². The van der Waals surface area contributed by atoms with Crippen LogP contribution < -0.4 is 11.1 Å².